The molecule has 0 saturated carbocycles. The first kappa shape index (κ1) is 10.3. The van der Waals surface area contributed by atoms with Crippen molar-refractivity contribution in [2.24, 2.45) is 0 Å². The number of allylic oxidation sites excluding steroid dienone is 4. The Hall–Kier alpha value is 0.294. The molecule has 0 fully saturated rings. The zero-order chi connectivity index (χ0) is 6.91. The maximum atomic E-state index is 2.39. The maximum absolute atomic E-state index is 2.39. The van der Waals surface area contributed by atoms with Gasteiger partial charge in [0.25, 0.3) is 0 Å². The van der Waals surface area contributed by atoms with Gasteiger partial charge in [-0.15, -0.1) is 0 Å². The molecule has 0 unspecified atom stereocenters. The van der Waals surface area contributed by atoms with E-state index in [1.54, 1.807) is 5.20 Å². The number of hydrogen-bond acceptors (Lipinski definition) is 0. The Bertz CT molecular complexity index is 163. The van der Waals surface area contributed by atoms with Gasteiger partial charge in [0.2, 0.25) is 0 Å². The predicted molar refractivity (Wildman–Crippen MR) is 52.3 cm³/mol. The molecule has 1 aliphatic rings. The van der Waals surface area contributed by atoms with Gasteiger partial charge in [0.05, 0.1) is 8.07 Å². The summed E-state index contributed by atoms with van der Waals surface area (Å²) in [6.45, 7) is 7.18. The van der Waals surface area contributed by atoms with Crippen molar-refractivity contribution in [3.8, 4) is 0 Å². The second-order valence-corrected chi connectivity index (χ2v) is 8.72. The van der Waals surface area contributed by atoms with E-state index in [-0.39, 0.29) is 18.9 Å². The van der Waals surface area contributed by atoms with E-state index in [4.69, 9.17) is 0 Å². The van der Waals surface area contributed by atoms with E-state index < -0.39 is 8.07 Å². The Kier molecular flexibility index (Phi) is 3.72. The summed E-state index contributed by atoms with van der Waals surface area (Å²) in [6, 6.07) is 0. The van der Waals surface area contributed by atoms with E-state index in [9.17, 15) is 0 Å². The Morgan fingerprint density at radius 3 is 2.10 bits per heavy atom. The molecule has 0 spiro atoms. The molecule has 1 aliphatic carbocycles. The summed E-state index contributed by atoms with van der Waals surface area (Å²) < 4.78 is 0. The summed E-state index contributed by atoms with van der Waals surface area (Å²) in [5.41, 5.74) is 0. The van der Waals surface area contributed by atoms with Crippen LogP contribution >= 0.6 is 0 Å². The SMILES string of the molecule is C[Si](C)(C)C1=CC=CC1.[LiH]. The van der Waals surface area contributed by atoms with Crippen LogP contribution < -0.4 is 0 Å². The second-order valence-electron chi connectivity index (χ2n) is 3.57. The van der Waals surface area contributed by atoms with Crippen LogP contribution in [0.3, 0.4) is 0 Å². The van der Waals surface area contributed by atoms with Crippen LogP contribution in [0.25, 0.3) is 0 Å². The fourth-order valence-corrected chi connectivity index (χ4v) is 2.33. The molecule has 0 bridgehead atoms. The van der Waals surface area contributed by atoms with E-state index in [1.165, 1.54) is 6.42 Å². The van der Waals surface area contributed by atoms with E-state index in [0.29, 0.717) is 0 Å². The van der Waals surface area contributed by atoms with Gasteiger partial charge in [-0.25, -0.2) is 0 Å². The molecule has 0 radical (unpaired) electrons. The van der Waals surface area contributed by atoms with Crippen LogP contribution in [0.15, 0.2) is 23.4 Å². The molecule has 0 aromatic heterocycles. The second kappa shape index (κ2) is 3.62. The third-order valence-corrected chi connectivity index (χ3v) is 4.03. The van der Waals surface area contributed by atoms with Gasteiger partial charge < -0.3 is 0 Å². The topological polar surface area (TPSA) is 0 Å². The Labute approximate surface area is 76.6 Å². The third kappa shape index (κ3) is 2.50. The standard InChI is InChI=1S/C8H14Si.Li.H/c1-9(2,3)8-6-4-5-7-8;;/h4-6H,7H2,1-3H3;;. The van der Waals surface area contributed by atoms with Crippen LogP contribution in [0.1, 0.15) is 6.42 Å². The quantitative estimate of drug-likeness (QED) is 0.497. The van der Waals surface area contributed by atoms with Crippen LogP contribution in [-0.4, -0.2) is 26.9 Å². The molecule has 10 heavy (non-hydrogen) atoms. The van der Waals surface area contributed by atoms with E-state index >= 15 is 0 Å². The summed E-state index contributed by atoms with van der Waals surface area (Å²) in [5.74, 6) is 0. The molecule has 0 aliphatic heterocycles. The van der Waals surface area contributed by atoms with Crippen LogP contribution in [0.2, 0.25) is 19.6 Å². The average molecular weight is 146 g/mol. The van der Waals surface area contributed by atoms with Crippen LogP contribution in [0.4, 0.5) is 0 Å². The predicted octanol–water partition coefficient (Wildman–Crippen LogP) is 2.10. The molecule has 0 N–H and O–H groups in total. The number of hydrogen-bond donors (Lipinski definition) is 0. The molecule has 0 amide bonds. The van der Waals surface area contributed by atoms with Gasteiger partial charge in [-0.3, -0.25) is 0 Å². The minimum atomic E-state index is -0.926. The van der Waals surface area contributed by atoms with Crippen molar-refractivity contribution in [3.63, 3.8) is 0 Å². The van der Waals surface area contributed by atoms with Crippen molar-refractivity contribution < 1.29 is 0 Å². The Balaban J connectivity index is 0.000000810. The Morgan fingerprint density at radius 2 is 1.90 bits per heavy atom. The van der Waals surface area contributed by atoms with Crippen molar-refractivity contribution in [1.82, 2.24) is 0 Å². The molecule has 2 heteroatoms. The summed E-state index contributed by atoms with van der Waals surface area (Å²) in [6.07, 6.45) is 7.92. The summed E-state index contributed by atoms with van der Waals surface area (Å²) in [4.78, 5) is 0. The van der Waals surface area contributed by atoms with Crippen molar-refractivity contribution in [3.05, 3.63) is 23.4 Å². The van der Waals surface area contributed by atoms with Gasteiger partial charge in [-0.1, -0.05) is 43.1 Å². The van der Waals surface area contributed by atoms with E-state index in [0.717, 1.165) is 0 Å². The molecule has 0 nitrogen and oxygen atoms in total. The third-order valence-electron chi connectivity index (χ3n) is 1.73. The fraction of sp³-hybridized carbons (Fsp3) is 0.500. The van der Waals surface area contributed by atoms with Crippen LogP contribution in [0, 0.1) is 0 Å². The van der Waals surface area contributed by atoms with Gasteiger partial charge in [-0.2, -0.15) is 0 Å². The first-order chi connectivity index (χ1) is 4.11. The van der Waals surface area contributed by atoms with Gasteiger partial charge in [0.1, 0.15) is 0 Å². The van der Waals surface area contributed by atoms with Crippen molar-refractivity contribution >= 4 is 26.9 Å². The number of rotatable bonds is 1. The van der Waals surface area contributed by atoms with E-state index in [2.05, 4.69) is 37.9 Å². The normalized spacial score (nSPS) is 16.5. The monoisotopic (exact) mass is 146 g/mol. The van der Waals surface area contributed by atoms with Crippen LogP contribution in [0.5, 0.6) is 0 Å². The summed E-state index contributed by atoms with van der Waals surface area (Å²) >= 11 is 0. The van der Waals surface area contributed by atoms with Crippen molar-refractivity contribution in [2.75, 3.05) is 0 Å². The first-order valence-electron chi connectivity index (χ1n) is 3.47. The molecule has 0 saturated heterocycles. The van der Waals surface area contributed by atoms with Gasteiger partial charge in [-0.05, 0) is 6.42 Å². The first-order valence-corrected chi connectivity index (χ1v) is 6.97. The molecule has 0 aromatic carbocycles. The van der Waals surface area contributed by atoms with Gasteiger partial charge >= 0.3 is 18.9 Å². The fourth-order valence-electron chi connectivity index (χ4n) is 1.00. The minimum absolute atomic E-state index is 0. The van der Waals surface area contributed by atoms with Crippen LogP contribution in [-0.2, 0) is 0 Å². The van der Waals surface area contributed by atoms with Crippen molar-refractivity contribution in [2.45, 2.75) is 26.1 Å². The zero-order valence-corrected chi connectivity index (χ0v) is 7.44. The molecule has 0 heterocycles. The average Bonchev–Trinajstić information content (AvgIpc) is 2.08. The molecular formula is C8H15LiSi. The molecule has 0 atom stereocenters. The molecule has 1 rings (SSSR count). The summed E-state index contributed by atoms with van der Waals surface area (Å²) in [7, 11) is -0.926. The van der Waals surface area contributed by atoms with E-state index in [1.807, 2.05) is 0 Å². The molecule has 0 aromatic rings. The Morgan fingerprint density at radius 1 is 1.30 bits per heavy atom. The van der Waals surface area contributed by atoms with Crippen molar-refractivity contribution in [1.29, 1.82) is 0 Å². The summed E-state index contributed by atoms with van der Waals surface area (Å²) in [5, 5.41) is 1.68. The van der Waals surface area contributed by atoms with Gasteiger partial charge in [0.15, 0.2) is 0 Å². The zero-order valence-electron chi connectivity index (χ0n) is 6.44. The van der Waals surface area contributed by atoms with Gasteiger partial charge in [0, 0.05) is 0 Å². The molecular weight excluding hydrogens is 131 g/mol. The molecule has 52 valence electrons.